The van der Waals surface area contributed by atoms with Gasteiger partial charge in [-0.25, -0.2) is 0 Å². The Labute approximate surface area is 129 Å². The van der Waals surface area contributed by atoms with Crippen LogP contribution in [-0.2, 0) is 19.1 Å². The number of hydrogen-bond acceptors (Lipinski definition) is 4. The van der Waals surface area contributed by atoms with E-state index in [1.54, 1.807) is 6.92 Å². The normalized spacial score (nSPS) is 16.3. The Kier molecular flexibility index (Phi) is 4.61. The van der Waals surface area contributed by atoms with Gasteiger partial charge in [-0.05, 0) is 25.0 Å². The third-order valence-corrected chi connectivity index (χ3v) is 3.61. The number of methoxy groups -OCH3 is 2. The SMILES string of the molecule is C/C=C(/C1=C(C)C(=O)C(OC)=C(OC)C1=O)c1ccccc1. The standard InChI is InChI=1S/C18H18O4/c1-5-13(12-9-7-6-8-10-12)14-11(2)15(19)17(21-3)18(22-4)16(14)20/h5-10H,1-4H3/b13-5+. The van der Waals surface area contributed by atoms with Gasteiger partial charge in [0.1, 0.15) is 0 Å². The minimum Gasteiger partial charge on any atom is -0.489 e. The van der Waals surface area contributed by atoms with Crippen LogP contribution in [0.2, 0.25) is 0 Å². The van der Waals surface area contributed by atoms with Gasteiger partial charge in [-0.15, -0.1) is 0 Å². The molecule has 0 amide bonds. The Balaban J connectivity index is 2.62. The molecule has 22 heavy (non-hydrogen) atoms. The van der Waals surface area contributed by atoms with E-state index in [0.717, 1.165) is 5.56 Å². The van der Waals surface area contributed by atoms with E-state index < -0.39 is 0 Å². The van der Waals surface area contributed by atoms with Crippen LogP contribution >= 0.6 is 0 Å². The first-order valence-electron chi connectivity index (χ1n) is 6.91. The molecule has 4 heteroatoms. The molecule has 0 radical (unpaired) electrons. The van der Waals surface area contributed by atoms with E-state index in [4.69, 9.17) is 9.47 Å². The topological polar surface area (TPSA) is 52.6 Å². The first-order chi connectivity index (χ1) is 10.6. The second-order valence-corrected chi connectivity index (χ2v) is 4.79. The summed E-state index contributed by atoms with van der Waals surface area (Å²) in [5, 5.41) is 0. The van der Waals surface area contributed by atoms with Crippen molar-refractivity contribution < 1.29 is 19.1 Å². The number of benzene rings is 1. The van der Waals surface area contributed by atoms with Crippen molar-refractivity contribution in [3.8, 4) is 0 Å². The van der Waals surface area contributed by atoms with Crippen LogP contribution in [0.15, 0.2) is 59.1 Å². The van der Waals surface area contributed by atoms with Crippen molar-refractivity contribution in [1.29, 1.82) is 0 Å². The van der Waals surface area contributed by atoms with Crippen LogP contribution in [0.5, 0.6) is 0 Å². The maximum atomic E-state index is 12.7. The number of carbonyl (C=O) groups excluding carboxylic acids is 2. The summed E-state index contributed by atoms with van der Waals surface area (Å²) < 4.78 is 10.2. The number of allylic oxidation sites excluding steroid dienone is 4. The number of ether oxygens (including phenoxy) is 2. The lowest BCUT2D eigenvalue weighted by atomic mass is 9.85. The molecule has 0 bridgehead atoms. The summed E-state index contributed by atoms with van der Waals surface area (Å²) in [6.45, 7) is 3.47. The molecule has 0 unspecified atom stereocenters. The first-order valence-corrected chi connectivity index (χ1v) is 6.91. The summed E-state index contributed by atoms with van der Waals surface area (Å²) in [5.74, 6) is -0.765. The molecular formula is C18H18O4. The molecule has 0 atom stereocenters. The van der Waals surface area contributed by atoms with Gasteiger partial charge in [0.05, 0.1) is 14.2 Å². The highest BCUT2D eigenvalue weighted by Crippen LogP contribution is 2.34. The number of ketones is 2. The van der Waals surface area contributed by atoms with Crippen molar-refractivity contribution in [2.24, 2.45) is 0 Å². The van der Waals surface area contributed by atoms with E-state index in [1.165, 1.54) is 14.2 Å². The lowest BCUT2D eigenvalue weighted by molar-refractivity contribution is -0.120. The summed E-state index contributed by atoms with van der Waals surface area (Å²) in [6.07, 6.45) is 1.82. The maximum Gasteiger partial charge on any atom is 0.232 e. The van der Waals surface area contributed by atoms with Crippen molar-refractivity contribution in [2.75, 3.05) is 14.2 Å². The van der Waals surface area contributed by atoms with Crippen molar-refractivity contribution >= 4 is 17.1 Å². The Hall–Kier alpha value is -2.62. The van der Waals surface area contributed by atoms with E-state index in [1.807, 2.05) is 43.3 Å². The first kappa shape index (κ1) is 15.8. The van der Waals surface area contributed by atoms with Gasteiger partial charge in [0.15, 0.2) is 0 Å². The molecule has 0 fully saturated rings. The van der Waals surface area contributed by atoms with Crippen LogP contribution in [0.4, 0.5) is 0 Å². The molecule has 0 aliphatic heterocycles. The minimum absolute atomic E-state index is 0.0442. The van der Waals surface area contributed by atoms with E-state index in [9.17, 15) is 9.59 Å². The largest absolute Gasteiger partial charge is 0.489 e. The summed E-state index contributed by atoms with van der Waals surface area (Å²) in [7, 11) is 2.71. The fourth-order valence-corrected chi connectivity index (χ4v) is 2.54. The van der Waals surface area contributed by atoms with Gasteiger partial charge in [0.25, 0.3) is 0 Å². The fourth-order valence-electron chi connectivity index (χ4n) is 2.54. The Morgan fingerprint density at radius 2 is 1.50 bits per heavy atom. The molecule has 2 rings (SSSR count). The maximum absolute atomic E-state index is 12.7. The quantitative estimate of drug-likeness (QED) is 0.802. The van der Waals surface area contributed by atoms with Gasteiger partial charge in [-0.1, -0.05) is 36.4 Å². The third-order valence-electron chi connectivity index (χ3n) is 3.61. The van der Waals surface area contributed by atoms with Crippen LogP contribution in [0.1, 0.15) is 19.4 Å². The van der Waals surface area contributed by atoms with Gasteiger partial charge in [0, 0.05) is 11.1 Å². The van der Waals surface area contributed by atoms with Gasteiger partial charge in [0.2, 0.25) is 23.1 Å². The number of hydrogen-bond donors (Lipinski definition) is 0. The average molecular weight is 298 g/mol. The highest BCUT2D eigenvalue weighted by molar-refractivity contribution is 6.29. The zero-order chi connectivity index (χ0) is 16.3. The molecule has 4 nitrogen and oxygen atoms in total. The molecule has 0 saturated heterocycles. The molecule has 0 N–H and O–H groups in total. The molecule has 0 spiro atoms. The van der Waals surface area contributed by atoms with Crippen LogP contribution < -0.4 is 0 Å². The van der Waals surface area contributed by atoms with E-state index in [-0.39, 0.29) is 23.1 Å². The zero-order valence-electron chi connectivity index (χ0n) is 13.1. The third kappa shape index (κ3) is 2.48. The number of rotatable bonds is 4. The highest BCUT2D eigenvalue weighted by atomic mass is 16.5. The molecule has 0 aromatic heterocycles. The van der Waals surface area contributed by atoms with Crippen molar-refractivity contribution in [1.82, 2.24) is 0 Å². The lowest BCUT2D eigenvalue weighted by Crippen LogP contribution is -2.25. The molecule has 0 heterocycles. The monoisotopic (exact) mass is 298 g/mol. The fraction of sp³-hybridized carbons (Fsp3) is 0.222. The molecule has 1 aromatic rings. The van der Waals surface area contributed by atoms with Crippen LogP contribution in [0.25, 0.3) is 5.57 Å². The number of Topliss-reactive ketones (excluding diaryl/α,β-unsaturated/α-hetero) is 2. The van der Waals surface area contributed by atoms with Crippen LogP contribution in [0.3, 0.4) is 0 Å². The predicted molar refractivity (Wildman–Crippen MR) is 83.9 cm³/mol. The Bertz CT molecular complexity index is 706. The van der Waals surface area contributed by atoms with E-state index in [0.29, 0.717) is 16.7 Å². The Morgan fingerprint density at radius 3 is 2.00 bits per heavy atom. The second kappa shape index (κ2) is 6.43. The molecule has 114 valence electrons. The molecule has 1 aliphatic rings. The average Bonchev–Trinajstić information content (AvgIpc) is 2.55. The summed E-state index contributed by atoms with van der Waals surface area (Å²) >= 11 is 0. The summed E-state index contributed by atoms with van der Waals surface area (Å²) in [5.41, 5.74) is 2.30. The van der Waals surface area contributed by atoms with E-state index in [2.05, 4.69) is 0 Å². The van der Waals surface area contributed by atoms with Gasteiger partial charge >= 0.3 is 0 Å². The number of carbonyl (C=O) groups is 2. The van der Waals surface area contributed by atoms with Crippen LogP contribution in [0, 0.1) is 0 Å². The van der Waals surface area contributed by atoms with Gasteiger partial charge in [-0.2, -0.15) is 0 Å². The summed E-state index contributed by atoms with van der Waals surface area (Å²) in [6, 6.07) is 9.47. The molecule has 1 aromatic carbocycles. The molecular weight excluding hydrogens is 280 g/mol. The van der Waals surface area contributed by atoms with Crippen molar-refractivity contribution in [2.45, 2.75) is 13.8 Å². The van der Waals surface area contributed by atoms with Crippen molar-refractivity contribution in [3.63, 3.8) is 0 Å². The van der Waals surface area contributed by atoms with Gasteiger partial charge < -0.3 is 9.47 Å². The van der Waals surface area contributed by atoms with Gasteiger partial charge in [-0.3, -0.25) is 9.59 Å². The second-order valence-electron chi connectivity index (χ2n) is 4.79. The molecule has 0 saturated carbocycles. The summed E-state index contributed by atoms with van der Waals surface area (Å²) in [4.78, 5) is 25.2. The predicted octanol–water partition coefficient (Wildman–Crippen LogP) is 3.06. The highest BCUT2D eigenvalue weighted by Gasteiger charge is 2.36. The van der Waals surface area contributed by atoms with Crippen LogP contribution in [-0.4, -0.2) is 25.8 Å². The van der Waals surface area contributed by atoms with Crippen molar-refractivity contribution in [3.05, 3.63) is 64.6 Å². The Morgan fingerprint density at radius 1 is 0.955 bits per heavy atom. The lowest BCUT2D eigenvalue weighted by Gasteiger charge is -2.22. The van der Waals surface area contributed by atoms with E-state index >= 15 is 0 Å². The smallest absolute Gasteiger partial charge is 0.232 e. The zero-order valence-corrected chi connectivity index (χ0v) is 13.1. The minimum atomic E-state index is -0.339. The molecule has 1 aliphatic carbocycles.